The predicted molar refractivity (Wildman–Crippen MR) is 150 cm³/mol. The molecule has 0 radical (unpaired) electrons. The van der Waals surface area contributed by atoms with E-state index in [0.29, 0.717) is 28.8 Å². The van der Waals surface area contributed by atoms with Crippen molar-refractivity contribution in [3.63, 3.8) is 0 Å². The smallest absolute Gasteiger partial charge is 0.408 e. The molecule has 8 heteroatoms. The Kier molecular flexibility index (Phi) is 10.0. The number of carbonyl (C=O) groups is 2. The van der Waals surface area contributed by atoms with Gasteiger partial charge in [0.2, 0.25) is 5.91 Å². The summed E-state index contributed by atoms with van der Waals surface area (Å²) >= 11 is 6.32. The fraction of sp³-hybridized carbons (Fsp3) is 0.333. The van der Waals surface area contributed by atoms with E-state index in [9.17, 15) is 9.59 Å². The molecule has 0 fully saturated rings. The molecule has 2 N–H and O–H groups in total. The van der Waals surface area contributed by atoms with Gasteiger partial charge in [0, 0.05) is 12.1 Å². The molecular formula is C30H35ClN2O5. The van der Waals surface area contributed by atoms with Crippen molar-refractivity contribution < 1.29 is 23.8 Å². The van der Waals surface area contributed by atoms with E-state index in [1.165, 1.54) is 0 Å². The average Bonchev–Trinajstić information content (AvgIpc) is 2.84. The first-order valence-corrected chi connectivity index (χ1v) is 12.9. The molecule has 3 aromatic rings. The first-order chi connectivity index (χ1) is 18.0. The first-order valence-electron chi connectivity index (χ1n) is 12.5. The average molecular weight is 539 g/mol. The molecule has 1 atom stereocenters. The molecule has 0 saturated heterocycles. The lowest BCUT2D eigenvalue weighted by Crippen LogP contribution is -2.47. The van der Waals surface area contributed by atoms with Crippen LogP contribution in [0.3, 0.4) is 0 Å². The Bertz CT molecular complexity index is 1210. The van der Waals surface area contributed by atoms with E-state index in [1.54, 1.807) is 39.0 Å². The largest absolute Gasteiger partial charge is 0.489 e. The third kappa shape index (κ3) is 9.63. The lowest BCUT2D eigenvalue weighted by atomic mass is 10.0. The standard InChI is InChI=1S/C30H35ClN2O5/c1-20(2)37-27-16-13-23(18-25(27)31)32-28(34)26(33-29(35)38-30(3,4)5)17-21-11-14-24(15-12-21)36-19-22-9-7-6-8-10-22/h6-16,18,20,26H,17,19H2,1-5H3,(H,32,34)(H,33,35). The van der Waals surface area contributed by atoms with E-state index < -0.39 is 23.6 Å². The molecule has 0 aromatic heterocycles. The molecule has 1 unspecified atom stereocenters. The van der Waals surface area contributed by atoms with Crippen molar-refractivity contribution in [2.24, 2.45) is 0 Å². The summed E-state index contributed by atoms with van der Waals surface area (Å²) in [5, 5.41) is 5.90. The molecule has 38 heavy (non-hydrogen) atoms. The number of alkyl carbamates (subject to hydrolysis) is 1. The van der Waals surface area contributed by atoms with Crippen molar-refractivity contribution in [2.75, 3.05) is 5.32 Å². The van der Waals surface area contributed by atoms with Crippen LogP contribution in [0.1, 0.15) is 45.7 Å². The fourth-order valence-corrected chi connectivity index (χ4v) is 3.74. The van der Waals surface area contributed by atoms with Gasteiger partial charge in [-0.1, -0.05) is 54.1 Å². The van der Waals surface area contributed by atoms with Gasteiger partial charge < -0.3 is 24.8 Å². The van der Waals surface area contributed by atoms with Gasteiger partial charge >= 0.3 is 6.09 Å². The van der Waals surface area contributed by atoms with Crippen molar-refractivity contribution in [1.82, 2.24) is 5.32 Å². The number of hydrogen-bond donors (Lipinski definition) is 2. The van der Waals surface area contributed by atoms with Gasteiger partial charge in [0.25, 0.3) is 0 Å². The Hall–Kier alpha value is -3.71. The molecule has 0 aliphatic heterocycles. The first kappa shape index (κ1) is 28.9. The maximum atomic E-state index is 13.2. The normalized spacial score (nSPS) is 12.0. The van der Waals surface area contributed by atoms with Crippen molar-refractivity contribution in [1.29, 1.82) is 0 Å². The lowest BCUT2D eigenvalue weighted by Gasteiger charge is -2.23. The van der Waals surface area contributed by atoms with E-state index in [4.69, 9.17) is 25.8 Å². The van der Waals surface area contributed by atoms with Gasteiger partial charge in [-0.15, -0.1) is 0 Å². The molecule has 3 aromatic carbocycles. The minimum atomic E-state index is -0.897. The molecular weight excluding hydrogens is 504 g/mol. The number of anilines is 1. The Balaban J connectivity index is 1.70. The molecule has 0 aliphatic rings. The third-order valence-corrected chi connectivity index (χ3v) is 5.48. The summed E-state index contributed by atoms with van der Waals surface area (Å²) in [6.07, 6.45) is -0.476. The van der Waals surface area contributed by atoms with Gasteiger partial charge in [0.05, 0.1) is 11.1 Å². The number of halogens is 1. The highest BCUT2D eigenvalue weighted by Gasteiger charge is 2.25. The second-order valence-electron chi connectivity index (χ2n) is 10.1. The molecule has 0 saturated carbocycles. The van der Waals surface area contributed by atoms with Gasteiger partial charge in [-0.2, -0.15) is 0 Å². The fourth-order valence-electron chi connectivity index (χ4n) is 3.51. The summed E-state index contributed by atoms with van der Waals surface area (Å²) in [4.78, 5) is 25.8. The summed E-state index contributed by atoms with van der Waals surface area (Å²) in [6.45, 7) is 9.55. The Morgan fingerprint density at radius 1 is 0.921 bits per heavy atom. The zero-order valence-corrected chi connectivity index (χ0v) is 23.2. The molecule has 202 valence electrons. The van der Waals surface area contributed by atoms with Crippen molar-refractivity contribution in [3.05, 3.63) is 88.9 Å². The predicted octanol–water partition coefficient (Wildman–Crippen LogP) is 6.78. The molecule has 3 rings (SSSR count). The highest BCUT2D eigenvalue weighted by Crippen LogP contribution is 2.28. The molecule has 0 bridgehead atoms. The van der Waals surface area contributed by atoms with Crippen LogP contribution < -0.4 is 20.1 Å². The number of carbonyl (C=O) groups excluding carboxylic acids is 2. The summed E-state index contributed by atoms with van der Waals surface area (Å²) in [6, 6.07) is 21.4. The van der Waals surface area contributed by atoms with Gasteiger partial charge in [-0.3, -0.25) is 4.79 Å². The zero-order chi connectivity index (χ0) is 27.7. The van der Waals surface area contributed by atoms with Crippen molar-refractivity contribution in [2.45, 2.75) is 65.4 Å². The van der Waals surface area contributed by atoms with E-state index in [0.717, 1.165) is 11.1 Å². The van der Waals surface area contributed by atoms with E-state index >= 15 is 0 Å². The number of benzene rings is 3. The van der Waals surface area contributed by atoms with E-state index in [1.807, 2.05) is 68.4 Å². The maximum Gasteiger partial charge on any atom is 0.408 e. The molecule has 0 spiro atoms. The zero-order valence-electron chi connectivity index (χ0n) is 22.4. The highest BCUT2D eigenvalue weighted by molar-refractivity contribution is 6.32. The number of hydrogen-bond acceptors (Lipinski definition) is 5. The van der Waals surface area contributed by atoms with Crippen LogP contribution in [0.4, 0.5) is 10.5 Å². The third-order valence-electron chi connectivity index (χ3n) is 5.18. The quantitative estimate of drug-likeness (QED) is 0.297. The number of amides is 2. The van der Waals surface area contributed by atoms with Crippen LogP contribution in [0.15, 0.2) is 72.8 Å². The van der Waals surface area contributed by atoms with E-state index in [2.05, 4.69) is 10.6 Å². The summed E-state index contributed by atoms with van der Waals surface area (Å²) < 4.78 is 16.9. The molecule has 7 nitrogen and oxygen atoms in total. The van der Waals surface area contributed by atoms with Crippen LogP contribution >= 0.6 is 11.6 Å². The van der Waals surface area contributed by atoms with Crippen molar-refractivity contribution >= 4 is 29.3 Å². The van der Waals surface area contributed by atoms with Gasteiger partial charge in [0.1, 0.15) is 29.7 Å². The van der Waals surface area contributed by atoms with Crippen LogP contribution in [0.2, 0.25) is 5.02 Å². The monoisotopic (exact) mass is 538 g/mol. The molecule has 0 aliphatic carbocycles. The van der Waals surface area contributed by atoms with Crippen LogP contribution in [0.25, 0.3) is 0 Å². The maximum absolute atomic E-state index is 13.2. The highest BCUT2D eigenvalue weighted by atomic mass is 35.5. The Labute approximate surface area is 229 Å². The number of rotatable bonds is 10. The van der Waals surface area contributed by atoms with Crippen LogP contribution in [0.5, 0.6) is 11.5 Å². The van der Waals surface area contributed by atoms with Crippen LogP contribution in [-0.2, 0) is 22.6 Å². The Morgan fingerprint density at radius 3 is 2.21 bits per heavy atom. The molecule has 0 heterocycles. The Morgan fingerprint density at radius 2 is 1.61 bits per heavy atom. The topological polar surface area (TPSA) is 85.9 Å². The van der Waals surface area contributed by atoms with E-state index in [-0.39, 0.29) is 12.5 Å². The van der Waals surface area contributed by atoms with Crippen LogP contribution in [-0.4, -0.2) is 29.7 Å². The van der Waals surface area contributed by atoms with Crippen molar-refractivity contribution in [3.8, 4) is 11.5 Å². The SMILES string of the molecule is CC(C)Oc1ccc(NC(=O)C(Cc2ccc(OCc3ccccc3)cc2)NC(=O)OC(C)(C)C)cc1Cl. The lowest BCUT2D eigenvalue weighted by molar-refractivity contribution is -0.118. The summed E-state index contributed by atoms with van der Waals surface area (Å²) in [7, 11) is 0. The minimum Gasteiger partial charge on any atom is -0.489 e. The van der Waals surface area contributed by atoms with Gasteiger partial charge in [-0.25, -0.2) is 4.79 Å². The van der Waals surface area contributed by atoms with Gasteiger partial charge in [-0.05, 0) is 76.1 Å². The number of nitrogens with one attached hydrogen (secondary N) is 2. The second kappa shape index (κ2) is 13.2. The summed E-state index contributed by atoms with van der Waals surface area (Å²) in [5.74, 6) is 0.823. The minimum absolute atomic E-state index is 0.0366. The molecule has 2 amide bonds. The van der Waals surface area contributed by atoms with Gasteiger partial charge in [0.15, 0.2) is 0 Å². The second-order valence-corrected chi connectivity index (χ2v) is 10.5. The van der Waals surface area contributed by atoms with Crippen LogP contribution in [0, 0.1) is 0 Å². The number of ether oxygens (including phenoxy) is 3. The summed E-state index contributed by atoms with van der Waals surface area (Å²) in [5.41, 5.74) is 1.69.